The Hall–Kier alpha value is -3.72. The predicted octanol–water partition coefficient (Wildman–Crippen LogP) is 2.22. The van der Waals surface area contributed by atoms with Gasteiger partial charge in [0.2, 0.25) is 5.91 Å². The average Bonchev–Trinajstić information content (AvgIpc) is 3.66. The van der Waals surface area contributed by atoms with Crippen molar-refractivity contribution in [2.75, 3.05) is 20.8 Å². The van der Waals surface area contributed by atoms with Crippen LogP contribution in [0.5, 0.6) is 5.75 Å². The Bertz CT molecular complexity index is 1100. The van der Waals surface area contributed by atoms with Crippen LogP contribution < -0.4 is 20.7 Å². The van der Waals surface area contributed by atoms with Crippen LogP contribution in [0.1, 0.15) is 31.4 Å². The van der Waals surface area contributed by atoms with Crippen molar-refractivity contribution in [2.24, 2.45) is 5.92 Å². The van der Waals surface area contributed by atoms with E-state index in [-0.39, 0.29) is 24.4 Å². The van der Waals surface area contributed by atoms with Crippen LogP contribution in [0, 0.1) is 5.92 Å². The first-order valence-electron chi connectivity index (χ1n) is 12.3. The first kappa shape index (κ1) is 27.9. The second-order valence-corrected chi connectivity index (χ2v) is 9.50. The molecule has 0 aromatic heterocycles. The number of benzene rings is 2. The normalized spacial score (nSPS) is 18.6. The molecule has 0 radical (unpaired) electrons. The van der Waals surface area contributed by atoms with Crippen LogP contribution in [0.3, 0.4) is 0 Å². The molecule has 3 amide bonds. The van der Waals surface area contributed by atoms with Gasteiger partial charge in [-0.15, -0.1) is 0 Å². The molecule has 0 aliphatic carbocycles. The predicted molar refractivity (Wildman–Crippen MR) is 138 cm³/mol. The van der Waals surface area contributed by atoms with Crippen LogP contribution in [0.25, 0.3) is 0 Å². The van der Waals surface area contributed by atoms with Gasteiger partial charge in [0.05, 0.1) is 25.8 Å². The van der Waals surface area contributed by atoms with Crippen LogP contribution in [0.2, 0.25) is 0 Å². The van der Waals surface area contributed by atoms with E-state index < -0.39 is 35.5 Å². The zero-order chi connectivity index (χ0) is 27.0. The summed E-state index contributed by atoms with van der Waals surface area (Å²) >= 11 is 0. The van der Waals surface area contributed by atoms with Gasteiger partial charge in [0, 0.05) is 19.4 Å². The molecule has 1 heterocycles. The third kappa shape index (κ3) is 7.88. The van der Waals surface area contributed by atoms with Crippen molar-refractivity contribution < 1.29 is 28.7 Å². The first-order valence-corrected chi connectivity index (χ1v) is 12.3. The van der Waals surface area contributed by atoms with E-state index in [1.165, 1.54) is 7.05 Å². The fraction of sp³-hybridized carbons (Fsp3) is 0.429. The number of carbonyl (C=O) groups excluding carboxylic acids is 4. The molecule has 37 heavy (non-hydrogen) atoms. The lowest BCUT2D eigenvalue weighted by Crippen LogP contribution is -2.50. The summed E-state index contributed by atoms with van der Waals surface area (Å²) in [6.07, 6.45) is 0.472. The molecular weight excluding hydrogens is 474 g/mol. The molecule has 2 aromatic carbocycles. The SMILES string of the molecule is CNC(=O)NC(C)C(=O)CC(Cc1ccc(OC)cc1)C(=O)NC(Cc1ccccc1)C(=O)C1(C)CO1. The average molecular weight is 510 g/mol. The Kier molecular flexibility index (Phi) is 9.41. The van der Waals surface area contributed by atoms with Gasteiger partial charge in [-0.05, 0) is 49.9 Å². The maximum absolute atomic E-state index is 13.6. The van der Waals surface area contributed by atoms with Crippen molar-refractivity contribution in [2.45, 2.75) is 50.8 Å². The molecule has 1 aliphatic rings. The molecule has 1 aliphatic heterocycles. The monoisotopic (exact) mass is 509 g/mol. The molecule has 3 N–H and O–H groups in total. The van der Waals surface area contributed by atoms with Crippen LogP contribution in [0.4, 0.5) is 4.79 Å². The van der Waals surface area contributed by atoms with Crippen molar-refractivity contribution in [3.63, 3.8) is 0 Å². The van der Waals surface area contributed by atoms with Gasteiger partial charge >= 0.3 is 6.03 Å². The Morgan fingerprint density at radius 3 is 2.16 bits per heavy atom. The number of nitrogens with one attached hydrogen (secondary N) is 3. The van der Waals surface area contributed by atoms with Crippen molar-refractivity contribution in [1.29, 1.82) is 0 Å². The Labute approximate surface area is 217 Å². The van der Waals surface area contributed by atoms with Gasteiger partial charge in [-0.3, -0.25) is 14.4 Å². The van der Waals surface area contributed by atoms with Gasteiger partial charge in [0.1, 0.15) is 11.4 Å². The van der Waals surface area contributed by atoms with Crippen LogP contribution >= 0.6 is 0 Å². The molecular formula is C28H35N3O6. The molecule has 0 saturated carbocycles. The van der Waals surface area contributed by atoms with Crippen molar-refractivity contribution in [1.82, 2.24) is 16.0 Å². The highest BCUT2D eigenvalue weighted by Gasteiger charge is 2.50. The molecule has 2 aromatic rings. The number of hydrogen-bond acceptors (Lipinski definition) is 6. The second-order valence-electron chi connectivity index (χ2n) is 9.50. The number of ether oxygens (including phenoxy) is 2. The van der Waals surface area contributed by atoms with E-state index in [4.69, 9.17) is 9.47 Å². The van der Waals surface area contributed by atoms with Gasteiger partial charge in [-0.1, -0.05) is 42.5 Å². The smallest absolute Gasteiger partial charge is 0.315 e. The molecule has 0 spiro atoms. The summed E-state index contributed by atoms with van der Waals surface area (Å²) in [5.41, 5.74) is 0.820. The number of urea groups is 1. The summed E-state index contributed by atoms with van der Waals surface area (Å²) in [6, 6.07) is 14.6. The number of ketones is 2. The highest BCUT2D eigenvalue weighted by molar-refractivity contribution is 5.98. The number of rotatable bonds is 13. The fourth-order valence-electron chi connectivity index (χ4n) is 4.04. The van der Waals surface area contributed by atoms with E-state index in [9.17, 15) is 19.2 Å². The third-order valence-electron chi connectivity index (χ3n) is 6.53. The molecule has 198 valence electrons. The van der Waals surface area contributed by atoms with Crippen molar-refractivity contribution in [3.05, 3.63) is 65.7 Å². The van der Waals surface area contributed by atoms with Crippen LogP contribution in [-0.4, -0.2) is 62.0 Å². The number of hydrogen-bond donors (Lipinski definition) is 3. The molecule has 3 rings (SSSR count). The summed E-state index contributed by atoms with van der Waals surface area (Å²) in [6.45, 7) is 3.60. The standard InChI is InChI=1S/C28H35N3O6/c1-18(30-27(35)29-3)24(32)16-21(14-20-10-12-22(36-4)13-11-20)26(34)31-23(25(33)28(2)17-37-28)15-19-8-6-5-7-9-19/h5-13,18,21,23H,14-17H2,1-4H3,(H,31,34)(H2,29,30,35). The number of methoxy groups -OCH3 is 1. The van der Waals surface area contributed by atoms with Crippen molar-refractivity contribution >= 4 is 23.5 Å². The first-order chi connectivity index (χ1) is 17.6. The lowest BCUT2D eigenvalue weighted by atomic mass is 9.89. The van der Waals surface area contributed by atoms with E-state index >= 15 is 0 Å². The molecule has 9 heteroatoms. The van der Waals surface area contributed by atoms with E-state index in [1.807, 2.05) is 42.5 Å². The fourth-order valence-corrected chi connectivity index (χ4v) is 4.04. The van der Waals surface area contributed by atoms with Crippen molar-refractivity contribution in [3.8, 4) is 5.75 Å². The topological polar surface area (TPSA) is 126 Å². The van der Waals surface area contributed by atoms with Gasteiger partial charge in [-0.2, -0.15) is 0 Å². The van der Waals surface area contributed by atoms with Gasteiger partial charge in [0.15, 0.2) is 11.6 Å². The largest absolute Gasteiger partial charge is 0.497 e. The lowest BCUT2D eigenvalue weighted by Gasteiger charge is -2.24. The van der Waals surface area contributed by atoms with Gasteiger partial charge < -0.3 is 25.4 Å². The summed E-state index contributed by atoms with van der Waals surface area (Å²) in [7, 11) is 3.03. The summed E-state index contributed by atoms with van der Waals surface area (Å²) < 4.78 is 10.6. The maximum atomic E-state index is 13.6. The van der Waals surface area contributed by atoms with Gasteiger partial charge in [-0.25, -0.2) is 4.79 Å². The Balaban J connectivity index is 1.80. The zero-order valence-corrected chi connectivity index (χ0v) is 21.7. The molecule has 1 saturated heterocycles. The number of epoxide rings is 1. The molecule has 4 unspecified atom stereocenters. The maximum Gasteiger partial charge on any atom is 0.315 e. The van der Waals surface area contributed by atoms with Crippen LogP contribution in [0.15, 0.2) is 54.6 Å². The molecule has 0 bridgehead atoms. The zero-order valence-electron chi connectivity index (χ0n) is 21.7. The van der Waals surface area contributed by atoms with E-state index in [1.54, 1.807) is 33.1 Å². The molecule has 1 fully saturated rings. The van der Waals surface area contributed by atoms with Gasteiger partial charge in [0.25, 0.3) is 0 Å². The summed E-state index contributed by atoms with van der Waals surface area (Å²) in [4.78, 5) is 51.4. The summed E-state index contributed by atoms with van der Waals surface area (Å²) in [5, 5.41) is 7.88. The highest BCUT2D eigenvalue weighted by atomic mass is 16.6. The molecule has 4 atom stereocenters. The molecule has 9 nitrogen and oxygen atoms in total. The minimum atomic E-state index is -0.917. The van der Waals surface area contributed by atoms with E-state index in [0.717, 1.165) is 11.1 Å². The minimum Gasteiger partial charge on any atom is -0.497 e. The quantitative estimate of drug-likeness (QED) is 0.356. The number of carbonyl (C=O) groups is 4. The van der Waals surface area contributed by atoms with E-state index in [2.05, 4.69) is 16.0 Å². The third-order valence-corrected chi connectivity index (χ3v) is 6.53. The second kappa shape index (κ2) is 12.5. The number of Topliss-reactive ketones (excluding diaryl/α,β-unsaturated/α-hetero) is 2. The Morgan fingerprint density at radius 2 is 1.59 bits per heavy atom. The highest BCUT2D eigenvalue weighted by Crippen LogP contribution is 2.29. The Morgan fingerprint density at radius 1 is 0.973 bits per heavy atom. The minimum absolute atomic E-state index is 0.108. The van der Waals surface area contributed by atoms with Crippen LogP contribution in [-0.2, 0) is 32.0 Å². The summed E-state index contributed by atoms with van der Waals surface area (Å²) in [5.74, 6) is -0.978. The number of amides is 3. The van der Waals surface area contributed by atoms with E-state index in [0.29, 0.717) is 18.8 Å². The lowest BCUT2D eigenvalue weighted by molar-refractivity contribution is -0.134.